The van der Waals surface area contributed by atoms with Gasteiger partial charge in [-0.15, -0.1) is 0 Å². The van der Waals surface area contributed by atoms with Crippen LogP contribution in [0.3, 0.4) is 0 Å². The summed E-state index contributed by atoms with van der Waals surface area (Å²) in [7, 11) is 1.46. The maximum atomic E-state index is 10.9. The molecule has 1 saturated carbocycles. The highest BCUT2D eigenvalue weighted by Gasteiger charge is 2.12. The SMILES string of the molecule is COC(=O)CCCCCCCCCCOC1CCCCC1. The molecule has 1 fully saturated rings. The first-order valence-electron chi connectivity index (χ1n) is 9.01. The first-order valence-corrected chi connectivity index (χ1v) is 9.01. The van der Waals surface area contributed by atoms with E-state index in [1.165, 1.54) is 77.7 Å². The average molecular weight is 298 g/mol. The van der Waals surface area contributed by atoms with Crippen LogP contribution in [0, 0.1) is 0 Å². The topological polar surface area (TPSA) is 35.5 Å². The molecule has 0 radical (unpaired) electrons. The fourth-order valence-corrected chi connectivity index (χ4v) is 3.02. The van der Waals surface area contributed by atoms with Crippen molar-refractivity contribution in [1.82, 2.24) is 0 Å². The van der Waals surface area contributed by atoms with Crippen LogP contribution in [0.5, 0.6) is 0 Å². The molecule has 0 aromatic heterocycles. The van der Waals surface area contributed by atoms with Crippen molar-refractivity contribution in [2.75, 3.05) is 13.7 Å². The third-order valence-electron chi connectivity index (χ3n) is 4.41. The van der Waals surface area contributed by atoms with E-state index in [9.17, 15) is 4.79 Å². The number of carbonyl (C=O) groups excluding carboxylic acids is 1. The summed E-state index contributed by atoms with van der Waals surface area (Å²) in [5.74, 6) is -0.0760. The molecule has 1 aliphatic rings. The molecular formula is C18H34O3. The molecule has 0 saturated heterocycles. The Balaban J connectivity index is 1.73. The standard InChI is InChI=1S/C18H34O3/c1-20-18(19)15-11-6-4-2-3-5-7-12-16-21-17-13-9-8-10-14-17/h17H,2-16H2,1H3. The summed E-state index contributed by atoms with van der Waals surface area (Å²) in [6.45, 7) is 0.962. The lowest BCUT2D eigenvalue weighted by Crippen LogP contribution is -2.17. The van der Waals surface area contributed by atoms with Crippen LogP contribution in [-0.2, 0) is 14.3 Å². The van der Waals surface area contributed by atoms with Gasteiger partial charge >= 0.3 is 5.97 Å². The van der Waals surface area contributed by atoms with Crippen molar-refractivity contribution in [2.24, 2.45) is 0 Å². The minimum Gasteiger partial charge on any atom is -0.469 e. The molecule has 124 valence electrons. The van der Waals surface area contributed by atoms with E-state index in [-0.39, 0.29) is 5.97 Å². The largest absolute Gasteiger partial charge is 0.469 e. The second-order valence-electron chi connectivity index (χ2n) is 6.29. The Morgan fingerprint density at radius 3 is 2.05 bits per heavy atom. The third kappa shape index (κ3) is 10.8. The highest BCUT2D eigenvalue weighted by molar-refractivity contribution is 5.68. The fraction of sp³-hybridized carbons (Fsp3) is 0.944. The molecular weight excluding hydrogens is 264 g/mol. The second kappa shape index (κ2) is 13.1. The van der Waals surface area contributed by atoms with E-state index >= 15 is 0 Å². The number of hydrogen-bond acceptors (Lipinski definition) is 3. The molecule has 0 amide bonds. The van der Waals surface area contributed by atoms with E-state index in [0.29, 0.717) is 12.5 Å². The van der Waals surface area contributed by atoms with Crippen LogP contribution in [0.4, 0.5) is 0 Å². The number of esters is 1. The molecule has 0 N–H and O–H groups in total. The summed E-state index contributed by atoms with van der Waals surface area (Å²) in [5, 5.41) is 0. The monoisotopic (exact) mass is 298 g/mol. The van der Waals surface area contributed by atoms with Gasteiger partial charge in [-0.3, -0.25) is 4.79 Å². The summed E-state index contributed by atoms with van der Waals surface area (Å²) in [6.07, 6.45) is 17.7. The summed E-state index contributed by atoms with van der Waals surface area (Å²) in [4.78, 5) is 10.9. The van der Waals surface area contributed by atoms with Crippen molar-refractivity contribution >= 4 is 5.97 Å². The Kier molecular flexibility index (Phi) is 11.5. The molecule has 0 spiro atoms. The molecule has 1 rings (SSSR count). The van der Waals surface area contributed by atoms with Gasteiger partial charge in [-0.05, 0) is 25.7 Å². The fourth-order valence-electron chi connectivity index (χ4n) is 3.02. The zero-order valence-corrected chi connectivity index (χ0v) is 13.9. The first-order chi connectivity index (χ1) is 10.3. The van der Waals surface area contributed by atoms with Crippen LogP contribution >= 0.6 is 0 Å². The molecule has 0 aliphatic heterocycles. The predicted molar refractivity (Wildman–Crippen MR) is 86.4 cm³/mol. The minimum atomic E-state index is -0.0760. The van der Waals surface area contributed by atoms with Gasteiger partial charge in [0.1, 0.15) is 0 Å². The first kappa shape index (κ1) is 18.5. The van der Waals surface area contributed by atoms with E-state index in [1.807, 2.05) is 0 Å². The van der Waals surface area contributed by atoms with E-state index in [4.69, 9.17) is 4.74 Å². The van der Waals surface area contributed by atoms with Gasteiger partial charge in [-0.1, -0.05) is 57.8 Å². The van der Waals surface area contributed by atoms with Crippen molar-refractivity contribution < 1.29 is 14.3 Å². The van der Waals surface area contributed by atoms with Gasteiger partial charge in [0, 0.05) is 13.0 Å². The Labute approximate surface area is 130 Å². The number of ether oxygens (including phenoxy) is 2. The van der Waals surface area contributed by atoms with Crippen molar-refractivity contribution in [3.63, 3.8) is 0 Å². The Morgan fingerprint density at radius 2 is 1.43 bits per heavy atom. The molecule has 21 heavy (non-hydrogen) atoms. The molecule has 0 atom stereocenters. The van der Waals surface area contributed by atoms with Gasteiger partial charge in [-0.2, -0.15) is 0 Å². The summed E-state index contributed by atoms with van der Waals surface area (Å²) < 4.78 is 10.6. The van der Waals surface area contributed by atoms with Crippen LogP contribution in [-0.4, -0.2) is 25.8 Å². The highest BCUT2D eigenvalue weighted by Crippen LogP contribution is 2.20. The molecule has 3 nitrogen and oxygen atoms in total. The number of unbranched alkanes of at least 4 members (excludes halogenated alkanes) is 7. The maximum absolute atomic E-state index is 10.9. The zero-order chi connectivity index (χ0) is 15.2. The van der Waals surface area contributed by atoms with E-state index in [0.717, 1.165) is 19.4 Å². The Hall–Kier alpha value is -0.570. The smallest absolute Gasteiger partial charge is 0.305 e. The van der Waals surface area contributed by atoms with E-state index in [2.05, 4.69) is 4.74 Å². The molecule has 1 aliphatic carbocycles. The van der Waals surface area contributed by atoms with Gasteiger partial charge in [0.25, 0.3) is 0 Å². The number of hydrogen-bond donors (Lipinski definition) is 0. The van der Waals surface area contributed by atoms with Gasteiger partial charge in [0.2, 0.25) is 0 Å². The van der Waals surface area contributed by atoms with Gasteiger partial charge < -0.3 is 9.47 Å². The summed E-state index contributed by atoms with van der Waals surface area (Å²) in [6, 6.07) is 0. The van der Waals surface area contributed by atoms with Crippen molar-refractivity contribution in [1.29, 1.82) is 0 Å². The van der Waals surface area contributed by atoms with Crippen LogP contribution < -0.4 is 0 Å². The number of carbonyl (C=O) groups is 1. The quantitative estimate of drug-likeness (QED) is 0.375. The zero-order valence-electron chi connectivity index (χ0n) is 13.9. The van der Waals surface area contributed by atoms with Gasteiger partial charge in [0.05, 0.1) is 13.2 Å². The Morgan fingerprint density at radius 1 is 0.857 bits per heavy atom. The average Bonchev–Trinajstić information content (AvgIpc) is 2.53. The highest BCUT2D eigenvalue weighted by atomic mass is 16.5. The molecule has 0 aromatic carbocycles. The molecule has 0 aromatic rings. The lowest BCUT2D eigenvalue weighted by molar-refractivity contribution is -0.140. The van der Waals surface area contributed by atoms with Crippen LogP contribution in [0.2, 0.25) is 0 Å². The van der Waals surface area contributed by atoms with Crippen LogP contribution in [0.1, 0.15) is 89.9 Å². The summed E-state index contributed by atoms with van der Waals surface area (Å²) >= 11 is 0. The van der Waals surface area contributed by atoms with Crippen molar-refractivity contribution in [2.45, 2.75) is 96.0 Å². The predicted octanol–water partition coefficient (Wildman–Crippen LogP) is 5.02. The molecule has 0 bridgehead atoms. The van der Waals surface area contributed by atoms with Crippen LogP contribution in [0.15, 0.2) is 0 Å². The third-order valence-corrected chi connectivity index (χ3v) is 4.41. The van der Waals surface area contributed by atoms with Crippen molar-refractivity contribution in [3.8, 4) is 0 Å². The lowest BCUT2D eigenvalue weighted by Gasteiger charge is -2.21. The normalized spacial score (nSPS) is 16.0. The van der Waals surface area contributed by atoms with E-state index < -0.39 is 0 Å². The van der Waals surface area contributed by atoms with E-state index in [1.54, 1.807) is 0 Å². The second-order valence-corrected chi connectivity index (χ2v) is 6.29. The minimum absolute atomic E-state index is 0.0760. The summed E-state index contributed by atoms with van der Waals surface area (Å²) in [5.41, 5.74) is 0. The van der Waals surface area contributed by atoms with Gasteiger partial charge in [0.15, 0.2) is 0 Å². The lowest BCUT2D eigenvalue weighted by atomic mass is 9.98. The number of rotatable bonds is 12. The number of methoxy groups -OCH3 is 1. The van der Waals surface area contributed by atoms with Gasteiger partial charge in [-0.25, -0.2) is 0 Å². The molecule has 0 unspecified atom stereocenters. The molecule has 0 heterocycles. The maximum Gasteiger partial charge on any atom is 0.305 e. The molecule has 3 heteroatoms. The van der Waals surface area contributed by atoms with Crippen LogP contribution in [0.25, 0.3) is 0 Å². The Bertz CT molecular complexity index is 247. The van der Waals surface area contributed by atoms with Crippen molar-refractivity contribution in [3.05, 3.63) is 0 Å².